The number of nitrogens with zero attached hydrogens (tertiary/aromatic N) is 1. The molecular formula is C19H26FNO3. The highest BCUT2D eigenvalue weighted by atomic mass is 19.1. The molecule has 2 rings (SSSR count). The first-order chi connectivity index (χ1) is 11.6. The third-order valence-electron chi connectivity index (χ3n) is 2.94. The van der Waals surface area contributed by atoms with E-state index in [2.05, 4.69) is 0 Å². The van der Waals surface area contributed by atoms with Crippen molar-refractivity contribution >= 4 is 5.69 Å². The van der Waals surface area contributed by atoms with Crippen LogP contribution in [0.2, 0.25) is 0 Å². The Morgan fingerprint density at radius 2 is 1.54 bits per heavy atom. The summed E-state index contributed by atoms with van der Waals surface area (Å²) < 4.78 is 18.2. The van der Waals surface area contributed by atoms with E-state index in [1.165, 1.54) is 18.2 Å². The maximum absolute atomic E-state index is 12.8. The summed E-state index contributed by atoms with van der Waals surface area (Å²) in [6.45, 7) is 10.1. The molecule has 4 nitrogen and oxygen atoms in total. The number of hydrogen-bond acceptors (Lipinski definition) is 3. The van der Waals surface area contributed by atoms with Crippen LogP contribution in [0.25, 0.3) is 0 Å². The second-order valence-electron chi connectivity index (χ2n) is 4.33. The predicted molar refractivity (Wildman–Crippen MR) is 95.9 cm³/mol. The van der Waals surface area contributed by atoms with E-state index >= 15 is 0 Å². The fourth-order valence-corrected chi connectivity index (χ4v) is 1.79. The monoisotopic (exact) mass is 335 g/mol. The largest absolute Gasteiger partial charge is 0.482 e. The van der Waals surface area contributed by atoms with Crippen LogP contribution in [0.4, 0.5) is 10.1 Å². The first-order valence-corrected chi connectivity index (χ1v) is 8.24. The standard InChI is InChI=1S/C15H14FNO3.2C2H6/c1-2-11-5-8-15(14(9-11)17(18)19)20-10-12-3-6-13(16)7-4-12;2*1-2/h3-9H,2,10H2,1H3;2*1-2H3. The average molecular weight is 335 g/mol. The maximum atomic E-state index is 12.8. The molecule has 132 valence electrons. The molecule has 0 atom stereocenters. The molecule has 5 heteroatoms. The molecule has 0 saturated carbocycles. The van der Waals surface area contributed by atoms with Crippen molar-refractivity contribution in [2.24, 2.45) is 0 Å². The van der Waals surface area contributed by atoms with Crippen LogP contribution in [-0.4, -0.2) is 4.92 Å². The van der Waals surface area contributed by atoms with Crippen molar-refractivity contribution in [1.29, 1.82) is 0 Å². The minimum Gasteiger partial charge on any atom is -0.482 e. The number of rotatable bonds is 5. The fraction of sp³-hybridized carbons (Fsp3) is 0.368. The third kappa shape index (κ3) is 6.77. The van der Waals surface area contributed by atoms with Gasteiger partial charge in [0.05, 0.1) is 4.92 Å². The van der Waals surface area contributed by atoms with Crippen molar-refractivity contribution in [3.8, 4) is 5.75 Å². The van der Waals surface area contributed by atoms with Crippen LogP contribution in [0.5, 0.6) is 5.75 Å². The van der Waals surface area contributed by atoms with E-state index in [0.29, 0.717) is 0 Å². The summed E-state index contributed by atoms with van der Waals surface area (Å²) in [6, 6.07) is 10.7. The summed E-state index contributed by atoms with van der Waals surface area (Å²) in [4.78, 5) is 10.6. The lowest BCUT2D eigenvalue weighted by Crippen LogP contribution is -2.00. The topological polar surface area (TPSA) is 52.4 Å². The lowest BCUT2D eigenvalue weighted by atomic mass is 10.1. The maximum Gasteiger partial charge on any atom is 0.311 e. The van der Waals surface area contributed by atoms with E-state index in [1.807, 2.05) is 34.6 Å². The van der Waals surface area contributed by atoms with Crippen LogP contribution in [0.1, 0.15) is 45.7 Å². The zero-order chi connectivity index (χ0) is 18.5. The van der Waals surface area contributed by atoms with Crippen molar-refractivity contribution < 1.29 is 14.1 Å². The van der Waals surface area contributed by atoms with Crippen LogP contribution in [0.15, 0.2) is 42.5 Å². The molecule has 0 saturated heterocycles. The van der Waals surface area contributed by atoms with Gasteiger partial charge in [0.15, 0.2) is 5.75 Å². The van der Waals surface area contributed by atoms with E-state index in [-0.39, 0.29) is 23.9 Å². The van der Waals surface area contributed by atoms with Gasteiger partial charge in [-0.15, -0.1) is 0 Å². The van der Waals surface area contributed by atoms with Gasteiger partial charge < -0.3 is 4.74 Å². The molecule has 0 aliphatic rings. The van der Waals surface area contributed by atoms with Crippen molar-refractivity contribution in [3.05, 3.63) is 69.5 Å². The van der Waals surface area contributed by atoms with Crippen molar-refractivity contribution in [3.63, 3.8) is 0 Å². The summed E-state index contributed by atoms with van der Waals surface area (Å²) in [5.41, 5.74) is 1.58. The molecule has 0 fully saturated rings. The predicted octanol–water partition coefficient (Wildman–Crippen LogP) is 5.93. The van der Waals surface area contributed by atoms with Crippen molar-refractivity contribution in [2.45, 2.75) is 47.6 Å². The molecule has 0 radical (unpaired) electrons. The van der Waals surface area contributed by atoms with Crippen molar-refractivity contribution in [2.75, 3.05) is 0 Å². The number of aryl methyl sites for hydroxylation is 1. The number of ether oxygens (including phenoxy) is 1. The van der Waals surface area contributed by atoms with Gasteiger partial charge in [-0.1, -0.05) is 52.8 Å². The Morgan fingerprint density at radius 3 is 2.04 bits per heavy atom. The molecule has 0 N–H and O–H groups in total. The lowest BCUT2D eigenvalue weighted by Gasteiger charge is -2.08. The third-order valence-corrected chi connectivity index (χ3v) is 2.94. The molecule has 0 spiro atoms. The highest BCUT2D eigenvalue weighted by molar-refractivity contribution is 5.48. The van der Waals surface area contributed by atoms with Gasteiger partial charge in [-0.05, 0) is 35.7 Å². The zero-order valence-corrected chi connectivity index (χ0v) is 15.0. The van der Waals surface area contributed by atoms with E-state index in [0.717, 1.165) is 17.5 Å². The Bertz CT molecular complexity index is 613. The van der Waals surface area contributed by atoms with Gasteiger partial charge in [0.1, 0.15) is 12.4 Å². The smallest absolute Gasteiger partial charge is 0.311 e. The van der Waals surface area contributed by atoms with Gasteiger partial charge in [0.2, 0.25) is 0 Å². The minimum atomic E-state index is -0.459. The van der Waals surface area contributed by atoms with Crippen LogP contribution in [0, 0.1) is 15.9 Å². The van der Waals surface area contributed by atoms with Crippen LogP contribution in [-0.2, 0) is 13.0 Å². The molecule has 0 unspecified atom stereocenters. The molecule has 2 aromatic rings. The van der Waals surface area contributed by atoms with E-state index in [9.17, 15) is 14.5 Å². The summed E-state index contributed by atoms with van der Waals surface area (Å²) in [5.74, 6) is -0.108. The quantitative estimate of drug-likeness (QED) is 0.503. The molecular weight excluding hydrogens is 309 g/mol. The summed E-state index contributed by atoms with van der Waals surface area (Å²) in [7, 11) is 0. The van der Waals surface area contributed by atoms with Crippen LogP contribution in [0.3, 0.4) is 0 Å². The van der Waals surface area contributed by atoms with Crippen LogP contribution < -0.4 is 4.74 Å². The van der Waals surface area contributed by atoms with Gasteiger partial charge in [0, 0.05) is 6.07 Å². The van der Waals surface area contributed by atoms with Gasteiger partial charge >= 0.3 is 5.69 Å². The number of nitro groups is 1. The highest BCUT2D eigenvalue weighted by Crippen LogP contribution is 2.28. The number of benzene rings is 2. The molecule has 24 heavy (non-hydrogen) atoms. The zero-order valence-electron chi connectivity index (χ0n) is 15.0. The molecule has 0 aromatic heterocycles. The fourth-order valence-electron chi connectivity index (χ4n) is 1.79. The van der Waals surface area contributed by atoms with Crippen molar-refractivity contribution in [1.82, 2.24) is 0 Å². The van der Waals surface area contributed by atoms with Gasteiger partial charge in [-0.25, -0.2) is 4.39 Å². The van der Waals surface area contributed by atoms with E-state index < -0.39 is 4.92 Å². The van der Waals surface area contributed by atoms with Gasteiger partial charge in [-0.3, -0.25) is 10.1 Å². The molecule has 0 amide bonds. The first-order valence-electron chi connectivity index (χ1n) is 8.24. The summed E-state index contributed by atoms with van der Waals surface area (Å²) in [5, 5.41) is 11.0. The molecule has 0 bridgehead atoms. The lowest BCUT2D eigenvalue weighted by molar-refractivity contribution is -0.386. The number of nitro benzene ring substituents is 1. The average Bonchev–Trinajstić information content (AvgIpc) is 2.64. The Kier molecular flexibility index (Phi) is 10.8. The number of halogens is 1. The molecule has 2 aromatic carbocycles. The Balaban J connectivity index is 0.00000123. The number of hydrogen-bond donors (Lipinski definition) is 0. The van der Waals surface area contributed by atoms with Gasteiger partial charge in [0.25, 0.3) is 0 Å². The molecule has 0 heterocycles. The van der Waals surface area contributed by atoms with E-state index in [4.69, 9.17) is 4.74 Å². The Hall–Kier alpha value is -2.43. The minimum absolute atomic E-state index is 0.0496. The second-order valence-corrected chi connectivity index (χ2v) is 4.33. The molecule has 0 aliphatic heterocycles. The Labute approximate surface area is 143 Å². The Morgan fingerprint density at radius 1 is 1.00 bits per heavy atom. The summed E-state index contributed by atoms with van der Waals surface area (Å²) in [6.07, 6.45) is 0.721. The second kappa shape index (κ2) is 12.0. The van der Waals surface area contributed by atoms with Crippen LogP contribution >= 0.6 is 0 Å². The van der Waals surface area contributed by atoms with Gasteiger partial charge in [-0.2, -0.15) is 0 Å². The SMILES string of the molecule is CC.CC.CCc1ccc(OCc2ccc(F)cc2)c([N+](=O)[O-])c1. The van der Waals surface area contributed by atoms with E-state index in [1.54, 1.807) is 24.3 Å². The highest BCUT2D eigenvalue weighted by Gasteiger charge is 2.15. The first kappa shape index (κ1) is 21.6. The normalized spacial score (nSPS) is 9.08. The molecule has 0 aliphatic carbocycles. The summed E-state index contributed by atoms with van der Waals surface area (Å²) >= 11 is 0.